The van der Waals surface area contributed by atoms with Gasteiger partial charge in [-0.1, -0.05) is 22.6 Å². The maximum atomic E-state index is 2.37. The minimum atomic E-state index is 0. The van der Waals surface area contributed by atoms with E-state index in [2.05, 4.69) is 39.7 Å². The predicted molar refractivity (Wildman–Crippen MR) is 44.5 cm³/mol. The van der Waals surface area contributed by atoms with Crippen LogP contribution >= 0.6 is 22.6 Å². The molecule has 0 atom stereocenters. The van der Waals surface area contributed by atoms with Crippen LogP contribution < -0.4 is 28.5 Å². The number of rotatable bonds is 2. The van der Waals surface area contributed by atoms with Gasteiger partial charge in [0.25, 0.3) is 0 Å². The molecule has 0 aromatic carbocycles. The number of aromatic nitrogens is 2. The van der Waals surface area contributed by atoms with E-state index in [4.69, 9.17) is 0 Å². The molecule has 1 aromatic heterocycles. The molecule has 0 aliphatic rings. The average molecular weight is 364 g/mol. The Morgan fingerprint density at radius 2 is 2.30 bits per heavy atom. The summed E-state index contributed by atoms with van der Waals surface area (Å²) in [7, 11) is 2.03. The molecule has 0 bridgehead atoms. The third kappa shape index (κ3) is 3.18. The van der Waals surface area contributed by atoms with Crippen LogP contribution in [0.4, 0.5) is 0 Å². The van der Waals surface area contributed by atoms with Gasteiger partial charge in [-0.3, -0.25) is 0 Å². The maximum Gasteiger partial charge on any atom is 0.243 e. The fraction of sp³-hybridized carbons (Fsp3) is 0.500. The standard InChI is InChI=1S/C6H10IN2.HI/c1-8-4-5-9(6-8)3-2-7;/h4-6H,2-3H2,1H3;1H/q+1;/p-1. The van der Waals surface area contributed by atoms with Crippen LogP contribution in [0.25, 0.3) is 0 Å². The lowest BCUT2D eigenvalue weighted by Gasteiger charge is -1.85. The first-order chi connectivity index (χ1) is 4.33. The summed E-state index contributed by atoms with van der Waals surface area (Å²) in [5.74, 6) is 0. The number of alkyl halides is 1. The van der Waals surface area contributed by atoms with Gasteiger partial charge in [-0.2, -0.15) is 0 Å². The van der Waals surface area contributed by atoms with Crippen molar-refractivity contribution in [2.75, 3.05) is 4.43 Å². The van der Waals surface area contributed by atoms with Gasteiger partial charge >= 0.3 is 0 Å². The van der Waals surface area contributed by atoms with Gasteiger partial charge in [0.05, 0.1) is 13.6 Å². The van der Waals surface area contributed by atoms with Crippen LogP contribution in [-0.4, -0.2) is 8.99 Å². The molecule has 10 heavy (non-hydrogen) atoms. The molecule has 0 aliphatic carbocycles. The summed E-state index contributed by atoms with van der Waals surface area (Å²) in [6.45, 7) is 1.11. The van der Waals surface area contributed by atoms with Crippen LogP contribution in [-0.2, 0) is 13.6 Å². The second kappa shape index (κ2) is 5.34. The zero-order valence-electron chi connectivity index (χ0n) is 5.80. The summed E-state index contributed by atoms with van der Waals surface area (Å²) in [6.07, 6.45) is 6.21. The Morgan fingerprint density at radius 3 is 2.70 bits per heavy atom. The zero-order valence-corrected chi connectivity index (χ0v) is 10.1. The zero-order chi connectivity index (χ0) is 6.69. The molecule has 2 nitrogen and oxygen atoms in total. The Morgan fingerprint density at radius 1 is 1.60 bits per heavy atom. The molecular weight excluding hydrogens is 354 g/mol. The predicted octanol–water partition coefficient (Wildman–Crippen LogP) is -2.25. The number of imidazole rings is 1. The molecular formula is C6H10I2N2. The van der Waals surface area contributed by atoms with Gasteiger partial charge in [-0.25, -0.2) is 9.13 Å². The highest BCUT2D eigenvalue weighted by Crippen LogP contribution is 1.87. The first kappa shape index (κ1) is 10.7. The van der Waals surface area contributed by atoms with Gasteiger partial charge in [0, 0.05) is 4.43 Å². The third-order valence-electron chi connectivity index (χ3n) is 1.17. The summed E-state index contributed by atoms with van der Waals surface area (Å²) in [5, 5.41) is 0. The maximum absolute atomic E-state index is 2.37. The lowest BCUT2D eigenvalue weighted by atomic mass is 10.7. The molecule has 0 amide bonds. The number of halogens is 2. The van der Waals surface area contributed by atoms with E-state index in [1.54, 1.807) is 0 Å². The van der Waals surface area contributed by atoms with Gasteiger partial charge in [0.2, 0.25) is 6.33 Å². The number of aryl methyl sites for hydroxylation is 2. The van der Waals surface area contributed by atoms with Crippen molar-refractivity contribution in [2.45, 2.75) is 6.54 Å². The van der Waals surface area contributed by atoms with Crippen molar-refractivity contribution in [3.8, 4) is 0 Å². The smallest absolute Gasteiger partial charge is 0.243 e. The molecule has 0 saturated heterocycles. The first-order valence-electron chi connectivity index (χ1n) is 2.90. The monoisotopic (exact) mass is 364 g/mol. The quantitative estimate of drug-likeness (QED) is 0.319. The molecule has 0 N–H and O–H groups in total. The van der Waals surface area contributed by atoms with E-state index < -0.39 is 0 Å². The molecule has 0 aliphatic heterocycles. The van der Waals surface area contributed by atoms with Crippen molar-refractivity contribution < 1.29 is 28.5 Å². The molecule has 1 heterocycles. The molecule has 0 saturated carbocycles. The molecule has 58 valence electrons. The van der Waals surface area contributed by atoms with Crippen LogP contribution in [0.2, 0.25) is 0 Å². The minimum absolute atomic E-state index is 0. The fourth-order valence-electron chi connectivity index (χ4n) is 0.732. The van der Waals surface area contributed by atoms with Gasteiger partial charge < -0.3 is 24.0 Å². The fourth-order valence-corrected chi connectivity index (χ4v) is 1.29. The van der Waals surface area contributed by atoms with Crippen molar-refractivity contribution in [1.82, 2.24) is 4.57 Å². The van der Waals surface area contributed by atoms with Gasteiger partial charge in [0.15, 0.2) is 0 Å². The Balaban J connectivity index is 0.000000810. The highest BCUT2D eigenvalue weighted by Gasteiger charge is 1.95. The topological polar surface area (TPSA) is 8.81 Å². The Hall–Kier alpha value is 0.670. The number of hydrogen-bond donors (Lipinski definition) is 0. The van der Waals surface area contributed by atoms with Crippen LogP contribution in [0.1, 0.15) is 0 Å². The number of nitrogens with zero attached hydrogens (tertiary/aromatic N) is 2. The Bertz CT molecular complexity index is 186. The van der Waals surface area contributed by atoms with E-state index >= 15 is 0 Å². The van der Waals surface area contributed by atoms with Gasteiger partial charge in [0.1, 0.15) is 12.4 Å². The van der Waals surface area contributed by atoms with Crippen molar-refractivity contribution in [1.29, 1.82) is 0 Å². The van der Waals surface area contributed by atoms with Crippen LogP contribution in [0.3, 0.4) is 0 Å². The highest BCUT2D eigenvalue weighted by molar-refractivity contribution is 14.1. The van der Waals surface area contributed by atoms with Gasteiger partial charge in [-0.15, -0.1) is 0 Å². The van der Waals surface area contributed by atoms with Crippen LogP contribution in [0.5, 0.6) is 0 Å². The minimum Gasteiger partial charge on any atom is -1.00 e. The largest absolute Gasteiger partial charge is 1.00 e. The molecule has 1 rings (SSSR count). The second-order valence-electron chi connectivity index (χ2n) is 2.01. The Kier molecular flexibility index (Phi) is 5.69. The van der Waals surface area contributed by atoms with Crippen molar-refractivity contribution in [3.63, 3.8) is 0 Å². The summed E-state index contributed by atoms with van der Waals surface area (Å²) >= 11 is 2.37. The van der Waals surface area contributed by atoms with E-state index in [1.807, 2.05) is 17.8 Å². The molecule has 0 unspecified atom stereocenters. The SMILES string of the molecule is C[n+]1ccn(CCI)c1.[I-]. The summed E-state index contributed by atoms with van der Waals surface area (Å²) in [5.41, 5.74) is 0. The molecule has 0 radical (unpaired) electrons. The van der Waals surface area contributed by atoms with E-state index in [1.165, 1.54) is 4.43 Å². The van der Waals surface area contributed by atoms with Crippen molar-refractivity contribution in [3.05, 3.63) is 18.7 Å². The molecule has 0 spiro atoms. The van der Waals surface area contributed by atoms with E-state index in [-0.39, 0.29) is 24.0 Å². The summed E-state index contributed by atoms with van der Waals surface area (Å²) < 4.78 is 5.39. The second-order valence-corrected chi connectivity index (χ2v) is 3.08. The summed E-state index contributed by atoms with van der Waals surface area (Å²) in [6, 6.07) is 0. The van der Waals surface area contributed by atoms with Crippen LogP contribution in [0.15, 0.2) is 18.7 Å². The lowest BCUT2D eigenvalue weighted by molar-refractivity contribution is -0.671. The van der Waals surface area contributed by atoms with E-state index in [0.29, 0.717) is 0 Å². The van der Waals surface area contributed by atoms with Crippen molar-refractivity contribution >= 4 is 22.6 Å². The van der Waals surface area contributed by atoms with Crippen molar-refractivity contribution in [2.24, 2.45) is 7.05 Å². The van der Waals surface area contributed by atoms with Crippen LogP contribution in [0, 0.1) is 0 Å². The third-order valence-corrected chi connectivity index (χ3v) is 1.65. The first-order valence-corrected chi connectivity index (χ1v) is 4.42. The normalized spacial score (nSPS) is 9.00. The molecule has 1 aromatic rings. The molecule has 0 fully saturated rings. The highest BCUT2D eigenvalue weighted by atomic mass is 127. The molecule has 4 heteroatoms. The average Bonchev–Trinajstić information content (AvgIpc) is 2.17. The Labute approximate surface area is 91.8 Å². The summed E-state index contributed by atoms with van der Waals surface area (Å²) in [4.78, 5) is 0. The van der Waals surface area contributed by atoms with Gasteiger partial charge in [-0.05, 0) is 0 Å². The lowest BCUT2D eigenvalue weighted by Crippen LogP contribution is -3.00. The van der Waals surface area contributed by atoms with E-state index in [9.17, 15) is 0 Å². The number of hydrogen-bond acceptors (Lipinski definition) is 0. The van der Waals surface area contributed by atoms with E-state index in [0.717, 1.165) is 6.54 Å².